The number of nitrogens with one attached hydrogen (secondary N) is 2. The zero-order valence-electron chi connectivity index (χ0n) is 12.8. The summed E-state index contributed by atoms with van der Waals surface area (Å²) in [6.45, 7) is 0.801. The summed E-state index contributed by atoms with van der Waals surface area (Å²) in [5.74, 6) is 1.88. The highest BCUT2D eigenvalue weighted by Gasteiger charge is 2.32. The topological polar surface area (TPSA) is 41.1 Å². The minimum absolute atomic E-state index is 0.0230. The maximum absolute atomic E-state index is 12.2. The van der Waals surface area contributed by atoms with E-state index in [1.54, 1.807) is 11.8 Å². The van der Waals surface area contributed by atoms with Crippen molar-refractivity contribution in [2.75, 3.05) is 6.54 Å². The van der Waals surface area contributed by atoms with Crippen molar-refractivity contribution in [3.63, 3.8) is 0 Å². The summed E-state index contributed by atoms with van der Waals surface area (Å²) < 4.78 is 0. The first kappa shape index (κ1) is 16.4. The first-order valence-corrected chi connectivity index (χ1v) is 9.76. The number of amides is 1. The normalized spacial score (nSPS) is 21.0. The molecule has 0 aromatic heterocycles. The lowest BCUT2D eigenvalue weighted by molar-refractivity contribution is -0.122. The molecular weight excluding hydrogens is 324 g/mol. The third-order valence-corrected chi connectivity index (χ3v) is 6.63. The summed E-state index contributed by atoms with van der Waals surface area (Å²) in [5, 5.41) is 0.253. The van der Waals surface area contributed by atoms with Crippen LogP contribution < -0.4 is 10.9 Å². The third-order valence-electron chi connectivity index (χ3n) is 3.69. The van der Waals surface area contributed by atoms with Crippen molar-refractivity contribution in [3.8, 4) is 0 Å². The van der Waals surface area contributed by atoms with Gasteiger partial charge in [-0.05, 0) is 11.1 Å². The first-order chi connectivity index (χ1) is 11.3. The Hall–Kier alpha value is -1.43. The van der Waals surface area contributed by atoms with E-state index in [-0.39, 0.29) is 16.4 Å². The van der Waals surface area contributed by atoms with Gasteiger partial charge in [0.1, 0.15) is 0 Å². The van der Waals surface area contributed by atoms with Crippen LogP contribution in [0, 0.1) is 0 Å². The fraction of sp³-hybridized carbons (Fsp3) is 0.278. The Morgan fingerprint density at radius 3 is 2.04 bits per heavy atom. The molecule has 1 aliphatic rings. The van der Waals surface area contributed by atoms with Crippen molar-refractivity contribution in [2.45, 2.75) is 22.0 Å². The van der Waals surface area contributed by atoms with E-state index in [0.717, 1.165) is 18.1 Å². The smallest absolute Gasteiger partial charge is 0.248 e. The van der Waals surface area contributed by atoms with E-state index in [2.05, 4.69) is 47.2 Å². The molecule has 3 rings (SSSR count). The van der Waals surface area contributed by atoms with Crippen molar-refractivity contribution < 1.29 is 4.79 Å². The van der Waals surface area contributed by atoms with Gasteiger partial charge in [0.25, 0.3) is 0 Å². The van der Waals surface area contributed by atoms with Gasteiger partial charge in [0.2, 0.25) is 5.91 Å². The highest BCUT2D eigenvalue weighted by molar-refractivity contribution is 8.03. The second-order valence-corrected chi connectivity index (χ2v) is 7.78. The van der Waals surface area contributed by atoms with Gasteiger partial charge in [0.05, 0.1) is 5.25 Å². The number of hydrazine groups is 1. The number of benzene rings is 2. The van der Waals surface area contributed by atoms with Crippen molar-refractivity contribution in [1.82, 2.24) is 10.9 Å². The average Bonchev–Trinajstić information content (AvgIpc) is 2.61. The molecule has 1 aliphatic heterocycles. The second kappa shape index (κ2) is 8.43. The van der Waals surface area contributed by atoms with E-state index < -0.39 is 0 Å². The maximum atomic E-state index is 12.2. The summed E-state index contributed by atoms with van der Waals surface area (Å²) in [6, 6.07) is 20.7. The van der Waals surface area contributed by atoms with Crippen molar-refractivity contribution >= 4 is 29.4 Å². The monoisotopic (exact) mass is 344 g/mol. The summed E-state index contributed by atoms with van der Waals surface area (Å²) in [5.41, 5.74) is 8.35. The number of rotatable bonds is 6. The predicted molar refractivity (Wildman–Crippen MR) is 99.2 cm³/mol. The predicted octanol–water partition coefficient (Wildman–Crippen LogP) is 3.22. The molecule has 2 aromatic carbocycles. The number of hydrogen-bond acceptors (Lipinski definition) is 4. The highest BCUT2D eigenvalue weighted by Crippen LogP contribution is 2.30. The summed E-state index contributed by atoms with van der Waals surface area (Å²) in [4.78, 5) is 12.2. The lowest BCUT2D eigenvalue weighted by Crippen LogP contribution is -2.56. The van der Waals surface area contributed by atoms with E-state index >= 15 is 0 Å². The standard InChI is InChI=1S/C18H20N2OS2/c21-18-17(23-13-15-9-5-2-6-10-15)16(11-19-20-18)22-12-14-7-3-1-4-8-14/h1-10,16-17,19H,11-13H2,(H,20,21). The summed E-state index contributed by atoms with van der Waals surface area (Å²) >= 11 is 3.58. The Morgan fingerprint density at radius 1 is 0.870 bits per heavy atom. The Bertz CT molecular complexity index is 621. The molecule has 2 unspecified atom stereocenters. The minimum Gasteiger partial charge on any atom is -0.291 e. The molecule has 1 saturated heterocycles. The molecule has 1 heterocycles. The molecule has 0 spiro atoms. The van der Waals surface area contributed by atoms with Crippen molar-refractivity contribution in [2.24, 2.45) is 0 Å². The van der Waals surface area contributed by atoms with Gasteiger partial charge in [0, 0.05) is 23.3 Å². The van der Waals surface area contributed by atoms with Gasteiger partial charge < -0.3 is 0 Å². The van der Waals surface area contributed by atoms with Crippen LogP contribution in [0.15, 0.2) is 60.7 Å². The molecule has 2 aromatic rings. The molecule has 2 N–H and O–H groups in total. The molecule has 120 valence electrons. The fourth-order valence-electron chi connectivity index (χ4n) is 2.45. The summed E-state index contributed by atoms with van der Waals surface area (Å²) in [7, 11) is 0. The average molecular weight is 345 g/mol. The van der Waals surface area contributed by atoms with Crippen LogP contribution in [0.5, 0.6) is 0 Å². The highest BCUT2D eigenvalue weighted by atomic mass is 32.2. The lowest BCUT2D eigenvalue weighted by atomic mass is 10.2. The van der Waals surface area contributed by atoms with Gasteiger partial charge >= 0.3 is 0 Å². The van der Waals surface area contributed by atoms with E-state index in [9.17, 15) is 4.79 Å². The van der Waals surface area contributed by atoms with E-state index in [1.165, 1.54) is 11.1 Å². The molecular formula is C18H20N2OS2. The SMILES string of the molecule is O=C1NNCC(SCc2ccccc2)C1SCc1ccccc1. The number of carbonyl (C=O) groups excluding carboxylic acids is 1. The van der Waals surface area contributed by atoms with Crippen LogP contribution in [0.1, 0.15) is 11.1 Å². The maximum Gasteiger partial charge on any atom is 0.248 e. The van der Waals surface area contributed by atoms with Crippen LogP contribution in [0.3, 0.4) is 0 Å². The Labute approximate surface area is 145 Å². The Kier molecular flexibility index (Phi) is 6.02. The van der Waals surface area contributed by atoms with E-state index in [1.807, 2.05) is 36.0 Å². The fourth-order valence-corrected chi connectivity index (χ4v) is 5.11. The minimum atomic E-state index is -0.0230. The Balaban J connectivity index is 1.59. The molecule has 1 fully saturated rings. The van der Waals surface area contributed by atoms with Crippen molar-refractivity contribution in [1.29, 1.82) is 0 Å². The van der Waals surface area contributed by atoms with Crippen LogP contribution in [-0.4, -0.2) is 23.0 Å². The molecule has 0 bridgehead atoms. The molecule has 2 atom stereocenters. The zero-order valence-corrected chi connectivity index (χ0v) is 14.4. The molecule has 0 radical (unpaired) electrons. The van der Waals surface area contributed by atoms with Crippen LogP contribution in [-0.2, 0) is 16.3 Å². The first-order valence-electron chi connectivity index (χ1n) is 7.67. The van der Waals surface area contributed by atoms with Crippen molar-refractivity contribution in [3.05, 3.63) is 71.8 Å². The van der Waals surface area contributed by atoms with Gasteiger partial charge in [-0.2, -0.15) is 11.8 Å². The van der Waals surface area contributed by atoms with Gasteiger partial charge in [-0.1, -0.05) is 60.7 Å². The zero-order chi connectivity index (χ0) is 15.9. The summed E-state index contributed by atoms with van der Waals surface area (Å²) in [6.07, 6.45) is 0. The second-order valence-electron chi connectivity index (χ2n) is 5.42. The molecule has 3 nitrogen and oxygen atoms in total. The number of carbonyl (C=O) groups is 1. The molecule has 5 heteroatoms. The van der Waals surface area contributed by atoms with E-state index in [4.69, 9.17) is 0 Å². The third kappa shape index (κ3) is 4.77. The molecule has 0 saturated carbocycles. The van der Waals surface area contributed by atoms with Crippen LogP contribution in [0.4, 0.5) is 0 Å². The van der Waals surface area contributed by atoms with Gasteiger partial charge in [-0.25, -0.2) is 5.43 Å². The van der Waals surface area contributed by atoms with Gasteiger partial charge in [-0.3, -0.25) is 10.2 Å². The van der Waals surface area contributed by atoms with Crippen LogP contribution >= 0.6 is 23.5 Å². The van der Waals surface area contributed by atoms with E-state index in [0.29, 0.717) is 0 Å². The van der Waals surface area contributed by atoms with Gasteiger partial charge in [-0.15, -0.1) is 11.8 Å². The lowest BCUT2D eigenvalue weighted by Gasteiger charge is -2.30. The van der Waals surface area contributed by atoms with Crippen LogP contribution in [0.25, 0.3) is 0 Å². The molecule has 0 aliphatic carbocycles. The Morgan fingerprint density at radius 2 is 1.43 bits per heavy atom. The van der Waals surface area contributed by atoms with Gasteiger partial charge in [0.15, 0.2) is 0 Å². The molecule has 1 amide bonds. The largest absolute Gasteiger partial charge is 0.291 e. The van der Waals surface area contributed by atoms with Crippen LogP contribution in [0.2, 0.25) is 0 Å². The molecule has 23 heavy (non-hydrogen) atoms. The number of thioether (sulfide) groups is 2. The quantitative estimate of drug-likeness (QED) is 0.844. The number of hydrogen-bond donors (Lipinski definition) is 2.